The first-order valence-corrected chi connectivity index (χ1v) is 8.99. The number of aromatic nitrogens is 2. The van der Waals surface area contributed by atoms with Crippen LogP contribution >= 0.6 is 11.6 Å². The van der Waals surface area contributed by atoms with E-state index in [9.17, 15) is 4.79 Å². The first-order valence-electron chi connectivity index (χ1n) is 8.61. The van der Waals surface area contributed by atoms with Crippen LogP contribution in [-0.4, -0.2) is 15.7 Å². The highest BCUT2D eigenvalue weighted by Crippen LogP contribution is 2.17. The molecular weight excluding hydrogens is 346 g/mol. The van der Waals surface area contributed by atoms with Gasteiger partial charge in [-0.05, 0) is 31.0 Å². The van der Waals surface area contributed by atoms with E-state index in [1.807, 2.05) is 54.9 Å². The fourth-order valence-electron chi connectivity index (χ4n) is 2.96. The number of hydrogen-bond donors (Lipinski definition) is 1. The molecule has 134 valence electrons. The van der Waals surface area contributed by atoms with Crippen molar-refractivity contribution in [2.75, 3.05) is 0 Å². The summed E-state index contributed by atoms with van der Waals surface area (Å²) in [6.45, 7) is 5.21. The molecule has 2 aromatic carbocycles. The Morgan fingerprint density at radius 3 is 2.50 bits per heavy atom. The predicted molar refractivity (Wildman–Crippen MR) is 104 cm³/mol. The minimum absolute atomic E-state index is 0.0484. The number of rotatable bonds is 6. The van der Waals surface area contributed by atoms with Crippen LogP contribution in [0.2, 0.25) is 5.02 Å². The van der Waals surface area contributed by atoms with Crippen molar-refractivity contribution in [2.24, 2.45) is 0 Å². The molecule has 5 heteroatoms. The van der Waals surface area contributed by atoms with E-state index in [1.54, 1.807) is 6.07 Å². The Morgan fingerprint density at radius 2 is 1.77 bits per heavy atom. The lowest BCUT2D eigenvalue weighted by molar-refractivity contribution is -0.120. The normalized spacial score (nSPS) is 10.7. The third kappa shape index (κ3) is 4.33. The van der Waals surface area contributed by atoms with Crippen LogP contribution in [0.25, 0.3) is 0 Å². The number of benzene rings is 2. The number of aryl methyl sites for hydroxylation is 1. The van der Waals surface area contributed by atoms with Crippen LogP contribution in [-0.2, 0) is 24.3 Å². The fourth-order valence-corrected chi connectivity index (χ4v) is 3.17. The van der Waals surface area contributed by atoms with E-state index in [2.05, 4.69) is 22.5 Å². The van der Waals surface area contributed by atoms with Crippen molar-refractivity contribution >= 4 is 17.5 Å². The van der Waals surface area contributed by atoms with Crippen molar-refractivity contribution in [1.82, 2.24) is 15.1 Å². The molecule has 0 saturated heterocycles. The van der Waals surface area contributed by atoms with Crippen LogP contribution in [0.4, 0.5) is 0 Å². The lowest BCUT2D eigenvalue weighted by atomic mass is 10.1. The number of nitrogens with one attached hydrogen (secondary N) is 1. The number of carbonyl (C=O) groups excluding carboxylic acids is 1. The Bertz CT molecular complexity index is 903. The summed E-state index contributed by atoms with van der Waals surface area (Å²) in [5.41, 5.74) is 5.11. The molecule has 0 bridgehead atoms. The number of nitrogens with zero attached hydrogens (tertiary/aromatic N) is 2. The van der Waals surface area contributed by atoms with Gasteiger partial charge in [0.05, 0.1) is 18.7 Å². The summed E-state index contributed by atoms with van der Waals surface area (Å²) in [6.07, 6.45) is 0.274. The molecule has 0 aliphatic rings. The van der Waals surface area contributed by atoms with Crippen molar-refractivity contribution < 1.29 is 4.79 Å². The summed E-state index contributed by atoms with van der Waals surface area (Å²) in [5.74, 6) is -0.0484. The maximum Gasteiger partial charge on any atom is 0.224 e. The molecule has 26 heavy (non-hydrogen) atoms. The highest BCUT2D eigenvalue weighted by atomic mass is 35.5. The molecule has 1 aromatic heterocycles. The lowest BCUT2D eigenvalue weighted by Crippen LogP contribution is -2.25. The maximum atomic E-state index is 12.3. The molecule has 0 atom stereocenters. The predicted octanol–water partition coefficient (Wildman–Crippen LogP) is 4.06. The largest absolute Gasteiger partial charge is 0.352 e. The Balaban J connectivity index is 1.65. The SMILES string of the molecule is Cc1nn(Cc2ccccc2)c(C)c1CNC(=O)Cc1ccccc1Cl. The molecule has 0 radical (unpaired) electrons. The average molecular weight is 368 g/mol. The smallest absolute Gasteiger partial charge is 0.224 e. The minimum atomic E-state index is -0.0484. The highest BCUT2D eigenvalue weighted by molar-refractivity contribution is 6.31. The molecule has 4 nitrogen and oxygen atoms in total. The van der Waals surface area contributed by atoms with Crippen molar-refractivity contribution in [3.05, 3.63) is 87.7 Å². The van der Waals surface area contributed by atoms with Gasteiger partial charge in [0, 0.05) is 22.8 Å². The van der Waals surface area contributed by atoms with Crippen LogP contribution in [0.3, 0.4) is 0 Å². The van der Waals surface area contributed by atoms with Crippen LogP contribution in [0.5, 0.6) is 0 Å². The quantitative estimate of drug-likeness (QED) is 0.714. The summed E-state index contributed by atoms with van der Waals surface area (Å²) in [5, 5.41) is 8.22. The van der Waals surface area contributed by atoms with Gasteiger partial charge in [-0.3, -0.25) is 9.48 Å². The van der Waals surface area contributed by atoms with Gasteiger partial charge in [0.1, 0.15) is 0 Å². The second-order valence-electron chi connectivity index (χ2n) is 6.34. The average Bonchev–Trinajstić information content (AvgIpc) is 2.89. The topological polar surface area (TPSA) is 46.9 Å². The van der Waals surface area contributed by atoms with Crippen molar-refractivity contribution in [3.8, 4) is 0 Å². The van der Waals surface area contributed by atoms with E-state index < -0.39 is 0 Å². The molecule has 1 N–H and O–H groups in total. The van der Waals surface area contributed by atoms with Gasteiger partial charge >= 0.3 is 0 Å². The van der Waals surface area contributed by atoms with Gasteiger partial charge in [-0.1, -0.05) is 60.1 Å². The zero-order chi connectivity index (χ0) is 18.5. The Labute approximate surface area is 158 Å². The van der Waals surface area contributed by atoms with Gasteiger partial charge in [0.25, 0.3) is 0 Å². The summed E-state index contributed by atoms with van der Waals surface area (Å²) < 4.78 is 1.99. The van der Waals surface area contributed by atoms with Gasteiger partial charge in [0.2, 0.25) is 5.91 Å². The third-order valence-electron chi connectivity index (χ3n) is 4.48. The van der Waals surface area contributed by atoms with Gasteiger partial charge in [0.15, 0.2) is 0 Å². The molecular formula is C21H22ClN3O. The van der Waals surface area contributed by atoms with E-state index in [1.165, 1.54) is 5.56 Å². The second-order valence-corrected chi connectivity index (χ2v) is 6.74. The fraction of sp³-hybridized carbons (Fsp3) is 0.238. The van der Waals surface area contributed by atoms with E-state index in [-0.39, 0.29) is 12.3 Å². The number of halogens is 1. The highest BCUT2D eigenvalue weighted by Gasteiger charge is 2.13. The van der Waals surface area contributed by atoms with E-state index >= 15 is 0 Å². The molecule has 1 amide bonds. The van der Waals surface area contributed by atoms with Gasteiger partial charge in [-0.2, -0.15) is 5.10 Å². The minimum Gasteiger partial charge on any atom is -0.352 e. The Hall–Kier alpha value is -2.59. The standard InChI is InChI=1S/C21H22ClN3O/c1-15-19(13-23-21(26)12-18-10-6-7-11-20(18)22)16(2)25(24-15)14-17-8-4-3-5-9-17/h3-11H,12-14H2,1-2H3,(H,23,26). The van der Waals surface area contributed by atoms with Gasteiger partial charge in [-0.25, -0.2) is 0 Å². The van der Waals surface area contributed by atoms with Crippen molar-refractivity contribution in [1.29, 1.82) is 0 Å². The second kappa shape index (κ2) is 8.19. The lowest BCUT2D eigenvalue weighted by Gasteiger charge is -2.08. The summed E-state index contributed by atoms with van der Waals surface area (Å²) >= 11 is 6.12. The molecule has 0 spiro atoms. The maximum absolute atomic E-state index is 12.3. The Morgan fingerprint density at radius 1 is 1.08 bits per heavy atom. The van der Waals surface area contributed by atoms with Crippen molar-refractivity contribution in [3.63, 3.8) is 0 Å². The van der Waals surface area contributed by atoms with Crippen LogP contribution < -0.4 is 5.32 Å². The molecule has 3 aromatic rings. The summed E-state index contributed by atoms with van der Waals surface area (Å²) in [6, 6.07) is 17.6. The van der Waals surface area contributed by atoms with E-state index in [0.29, 0.717) is 11.6 Å². The van der Waals surface area contributed by atoms with Gasteiger partial charge in [-0.15, -0.1) is 0 Å². The van der Waals surface area contributed by atoms with Crippen LogP contribution in [0.15, 0.2) is 54.6 Å². The molecule has 0 fully saturated rings. The molecule has 0 aliphatic heterocycles. The molecule has 3 rings (SSSR count). The molecule has 0 unspecified atom stereocenters. The molecule has 1 heterocycles. The number of carbonyl (C=O) groups is 1. The monoisotopic (exact) mass is 367 g/mol. The molecule has 0 saturated carbocycles. The van der Waals surface area contributed by atoms with Crippen molar-refractivity contribution in [2.45, 2.75) is 33.4 Å². The van der Waals surface area contributed by atoms with E-state index in [0.717, 1.165) is 29.1 Å². The zero-order valence-electron chi connectivity index (χ0n) is 15.0. The molecule has 0 aliphatic carbocycles. The van der Waals surface area contributed by atoms with Gasteiger partial charge < -0.3 is 5.32 Å². The summed E-state index contributed by atoms with van der Waals surface area (Å²) in [7, 11) is 0. The van der Waals surface area contributed by atoms with E-state index in [4.69, 9.17) is 11.6 Å². The third-order valence-corrected chi connectivity index (χ3v) is 4.85. The number of amides is 1. The zero-order valence-corrected chi connectivity index (χ0v) is 15.8. The number of hydrogen-bond acceptors (Lipinski definition) is 2. The van der Waals surface area contributed by atoms with Crippen LogP contribution in [0, 0.1) is 13.8 Å². The van der Waals surface area contributed by atoms with Crippen LogP contribution in [0.1, 0.15) is 28.1 Å². The first kappa shape index (κ1) is 18.2. The Kier molecular flexibility index (Phi) is 5.74. The summed E-state index contributed by atoms with van der Waals surface area (Å²) in [4.78, 5) is 12.3. The first-order chi connectivity index (χ1) is 12.5.